The number of rotatable bonds is 8. The molecule has 4 rings (SSSR count). The highest BCUT2D eigenvalue weighted by Crippen LogP contribution is 2.47. The Morgan fingerprint density at radius 1 is 1.17 bits per heavy atom. The van der Waals surface area contributed by atoms with E-state index in [2.05, 4.69) is 5.32 Å². The maximum absolute atomic E-state index is 13.4. The molecule has 0 bridgehead atoms. The van der Waals surface area contributed by atoms with Crippen LogP contribution >= 0.6 is 0 Å². The summed E-state index contributed by atoms with van der Waals surface area (Å²) in [6.45, 7) is 5.40. The van der Waals surface area contributed by atoms with Gasteiger partial charge in [0.05, 0.1) is 11.3 Å². The molecule has 2 aliphatic rings. The minimum absolute atomic E-state index is 0.0253. The van der Waals surface area contributed by atoms with Crippen LogP contribution in [-0.4, -0.2) is 53.1 Å². The molecule has 0 aliphatic carbocycles. The third-order valence-electron chi connectivity index (χ3n) is 6.18. The summed E-state index contributed by atoms with van der Waals surface area (Å²) in [5.74, 6) is -2.61. The first-order valence-electron chi connectivity index (χ1n) is 11.4. The molecule has 0 unspecified atom stereocenters. The molecule has 2 N–H and O–H groups in total. The van der Waals surface area contributed by atoms with Crippen LogP contribution in [0.3, 0.4) is 0 Å². The zero-order valence-corrected chi connectivity index (χ0v) is 19.8. The van der Waals surface area contributed by atoms with Crippen molar-refractivity contribution in [3.8, 4) is 11.5 Å². The van der Waals surface area contributed by atoms with E-state index in [1.54, 1.807) is 38.1 Å². The van der Waals surface area contributed by atoms with E-state index in [0.29, 0.717) is 24.9 Å². The molecule has 2 amide bonds. The maximum atomic E-state index is 13.4. The molecule has 0 radical (unpaired) electrons. The Hall–Kier alpha value is -3.88. The highest BCUT2D eigenvalue weighted by atomic mass is 19.1. The summed E-state index contributed by atoms with van der Waals surface area (Å²) in [5.41, 5.74) is 0.422. The molecule has 2 heterocycles. The van der Waals surface area contributed by atoms with Crippen LogP contribution in [0.4, 0.5) is 10.1 Å². The predicted molar refractivity (Wildman–Crippen MR) is 127 cm³/mol. The number of ether oxygens (including phenoxy) is 2. The van der Waals surface area contributed by atoms with Crippen LogP contribution in [-0.2, 0) is 16.0 Å². The van der Waals surface area contributed by atoms with Gasteiger partial charge in [-0.1, -0.05) is 31.2 Å². The largest absolute Gasteiger partial charge is 0.505 e. The number of nitrogens with one attached hydrogen (secondary N) is 1. The van der Waals surface area contributed by atoms with Crippen LogP contribution in [0.2, 0.25) is 0 Å². The number of halogens is 1. The Morgan fingerprint density at radius 2 is 1.86 bits per heavy atom. The van der Waals surface area contributed by atoms with Gasteiger partial charge in [0.15, 0.2) is 12.4 Å². The monoisotopic (exact) mass is 482 g/mol. The molecule has 2 aromatic rings. The fourth-order valence-corrected chi connectivity index (χ4v) is 3.97. The zero-order chi connectivity index (χ0) is 25.3. The number of imide groups is 1. The molecule has 0 fully saturated rings. The molecular weight excluding hydrogens is 455 g/mol. The Labute approximate surface area is 202 Å². The number of hydrogen-bond donors (Lipinski definition) is 2. The van der Waals surface area contributed by atoms with Crippen molar-refractivity contribution in [3.05, 3.63) is 58.4 Å². The lowest BCUT2D eigenvalue weighted by molar-refractivity contribution is -0.159. The fraction of sp³-hybridized carbons (Fsp3) is 0.346. The van der Waals surface area contributed by atoms with Crippen molar-refractivity contribution < 1.29 is 33.4 Å². The van der Waals surface area contributed by atoms with Gasteiger partial charge in [-0.25, -0.2) is 9.18 Å². The van der Waals surface area contributed by atoms with Gasteiger partial charge in [-0.3, -0.25) is 14.5 Å². The molecular formula is C26H27FN2O6. The number of benzene rings is 2. The van der Waals surface area contributed by atoms with E-state index in [-0.39, 0.29) is 40.7 Å². The van der Waals surface area contributed by atoms with Gasteiger partial charge in [-0.05, 0) is 44.4 Å². The van der Waals surface area contributed by atoms with Crippen LogP contribution in [0, 0.1) is 5.82 Å². The second-order valence-corrected chi connectivity index (χ2v) is 9.01. The van der Waals surface area contributed by atoms with Crippen LogP contribution in [0.5, 0.6) is 11.5 Å². The average molecular weight is 483 g/mol. The van der Waals surface area contributed by atoms with E-state index in [0.717, 1.165) is 10.5 Å². The quantitative estimate of drug-likeness (QED) is 0.334. The van der Waals surface area contributed by atoms with Gasteiger partial charge < -0.3 is 19.9 Å². The summed E-state index contributed by atoms with van der Waals surface area (Å²) in [6.07, 6.45) is 4.35. The molecule has 0 saturated carbocycles. The van der Waals surface area contributed by atoms with Crippen LogP contribution in [0.25, 0.3) is 6.08 Å². The van der Waals surface area contributed by atoms with E-state index >= 15 is 0 Å². The summed E-state index contributed by atoms with van der Waals surface area (Å²) in [7, 11) is 0. The first kappa shape index (κ1) is 24.3. The average Bonchev–Trinajstić information content (AvgIpc) is 3.08. The smallest absolute Gasteiger partial charge is 0.344 e. The van der Waals surface area contributed by atoms with Crippen molar-refractivity contribution in [2.24, 2.45) is 0 Å². The number of carbonyl (C=O) groups is 3. The van der Waals surface area contributed by atoms with Crippen LogP contribution in [0.15, 0.2) is 30.3 Å². The second kappa shape index (κ2) is 9.40. The van der Waals surface area contributed by atoms with Gasteiger partial charge in [0.25, 0.3) is 11.8 Å². The van der Waals surface area contributed by atoms with Crippen molar-refractivity contribution in [3.63, 3.8) is 0 Å². The Balaban J connectivity index is 1.65. The first-order chi connectivity index (χ1) is 16.6. The predicted octanol–water partition coefficient (Wildman–Crippen LogP) is 3.92. The number of fused-ring (bicyclic) bond motifs is 2. The molecule has 0 atom stereocenters. The van der Waals surface area contributed by atoms with Gasteiger partial charge in [-0.2, -0.15) is 0 Å². The van der Waals surface area contributed by atoms with Crippen molar-refractivity contribution in [1.29, 1.82) is 0 Å². The summed E-state index contributed by atoms with van der Waals surface area (Å²) in [5, 5.41) is 13.9. The molecule has 8 nitrogen and oxygen atoms in total. The van der Waals surface area contributed by atoms with Gasteiger partial charge in [0.1, 0.15) is 22.7 Å². The molecule has 2 aliphatic heterocycles. The van der Waals surface area contributed by atoms with Gasteiger partial charge in [0.2, 0.25) is 0 Å². The van der Waals surface area contributed by atoms with E-state index < -0.39 is 30.0 Å². The summed E-state index contributed by atoms with van der Waals surface area (Å²) in [6, 6.07) is 5.77. The van der Waals surface area contributed by atoms with Crippen molar-refractivity contribution in [2.45, 2.75) is 39.2 Å². The van der Waals surface area contributed by atoms with Crippen molar-refractivity contribution in [2.75, 3.05) is 25.0 Å². The highest BCUT2D eigenvalue weighted by Gasteiger charge is 2.43. The minimum atomic E-state index is -0.679. The number of carbonyl (C=O) groups excluding carboxylic acids is 3. The number of amides is 2. The molecule has 0 saturated heterocycles. The number of anilines is 1. The van der Waals surface area contributed by atoms with E-state index in [9.17, 15) is 23.9 Å². The van der Waals surface area contributed by atoms with E-state index in [1.165, 1.54) is 12.1 Å². The normalized spacial score (nSPS) is 14.5. The van der Waals surface area contributed by atoms with E-state index in [1.807, 2.05) is 6.92 Å². The molecule has 2 aromatic carbocycles. The van der Waals surface area contributed by atoms with Crippen molar-refractivity contribution in [1.82, 2.24) is 4.90 Å². The molecule has 9 heteroatoms. The van der Waals surface area contributed by atoms with Crippen LogP contribution < -0.4 is 10.1 Å². The number of aromatic hydroxyl groups is 1. The zero-order valence-electron chi connectivity index (χ0n) is 19.8. The Kier molecular flexibility index (Phi) is 6.51. The maximum Gasteiger partial charge on any atom is 0.344 e. The van der Waals surface area contributed by atoms with Gasteiger partial charge in [0, 0.05) is 18.7 Å². The van der Waals surface area contributed by atoms with Gasteiger partial charge >= 0.3 is 5.97 Å². The third-order valence-corrected chi connectivity index (χ3v) is 6.18. The minimum Gasteiger partial charge on any atom is -0.505 e. The van der Waals surface area contributed by atoms with Gasteiger partial charge in [-0.15, -0.1) is 0 Å². The van der Waals surface area contributed by atoms with Crippen LogP contribution in [0.1, 0.15) is 59.0 Å². The topological polar surface area (TPSA) is 105 Å². The lowest BCUT2D eigenvalue weighted by atomic mass is 9.98. The summed E-state index contributed by atoms with van der Waals surface area (Å²) >= 11 is 0. The summed E-state index contributed by atoms with van der Waals surface area (Å²) in [4.78, 5) is 40.0. The lowest BCUT2D eigenvalue weighted by Crippen LogP contribution is -2.32. The van der Waals surface area contributed by atoms with E-state index in [4.69, 9.17) is 9.47 Å². The first-order valence-corrected chi connectivity index (χ1v) is 11.4. The van der Waals surface area contributed by atoms with Crippen molar-refractivity contribution >= 4 is 29.5 Å². The number of nitrogens with zero attached hydrogens (tertiary/aromatic N) is 1. The summed E-state index contributed by atoms with van der Waals surface area (Å²) < 4.78 is 24.4. The highest BCUT2D eigenvalue weighted by molar-refractivity contribution is 6.25. The number of phenolic OH excluding ortho intramolecular Hbond substituents is 1. The third kappa shape index (κ3) is 4.71. The number of hydrogen-bond acceptors (Lipinski definition) is 7. The fourth-order valence-electron chi connectivity index (χ4n) is 3.97. The molecule has 0 aromatic heterocycles. The Bertz CT molecular complexity index is 1220. The standard InChI is InChI=1S/C26H27FN2O6/c1-4-26(2,3)35-18(30)14-34-23-17-6-5-12-28-21(17)22(31)19-20(23)25(33)29(24(19)32)13-11-15-7-9-16(27)10-8-15/h5-10,28,31H,4,11-14H2,1-3H3. The molecule has 0 spiro atoms. The lowest BCUT2D eigenvalue weighted by Gasteiger charge is -2.24. The second-order valence-electron chi connectivity index (χ2n) is 9.01. The Morgan fingerprint density at radius 3 is 2.54 bits per heavy atom. The SMILES string of the molecule is CCC(C)(C)OC(=O)COc1c2c(c(O)c3c1C(=O)N(CCc1ccc(F)cc1)C3=O)NCC=C2. The molecule has 35 heavy (non-hydrogen) atoms. The number of esters is 1. The number of phenols is 1. The molecule has 184 valence electrons.